The molecule has 1 heterocycles. The second-order valence-electron chi connectivity index (χ2n) is 6.32. The molecule has 0 saturated heterocycles. The van der Waals surface area contributed by atoms with E-state index in [1.54, 1.807) is 18.2 Å². The Bertz CT molecular complexity index is 1030. The van der Waals surface area contributed by atoms with Crippen LogP contribution in [-0.2, 0) is 4.79 Å². The molecule has 1 amide bonds. The predicted molar refractivity (Wildman–Crippen MR) is 98.8 cm³/mol. The van der Waals surface area contributed by atoms with Gasteiger partial charge in [0.25, 0.3) is 5.91 Å². The van der Waals surface area contributed by atoms with E-state index in [1.165, 1.54) is 18.2 Å². The van der Waals surface area contributed by atoms with E-state index >= 15 is 0 Å². The summed E-state index contributed by atoms with van der Waals surface area (Å²) in [5.41, 5.74) is 1.70. The van der Waals surface area contributed by atoms with Crippen molar-refractivity contribution in [1.82, 2.24) is 15.1 Å². The van der Waals surface area contributed by atoms with Crippen molar-refractivity contribution in [2.45, 2.75) is 19.4 Å². The lowest BCUT2D eigenvalue weighted by Gasteiger charge is -2.17. The molecule has 3 aromatic rings. The van der Waals surface area contributed by atoms with Gasteiger partial charge in [0.2, 0.25) is 5.88 Å². The monoisotopic (exact) mass is 383 g/mol. The number of aromatic hydroxyl groups is 1. The van der Waals surface area contributed by atoms with Crippen molar-refractivity contribution in [1.29, 1.82) is 0 Å². The summed E-state index contributed by atoms with van der Waals surface area (Å²) in [5, 5.41) is 25.9. The summed E-state index contributed by atoms with van der Waals surface area (Å²) < 4.78 is 14.4. The minimum Gasteiger partial charge on any atom is -0.493 e. The molecule has 0 unspecified atom stereocenters. The van der Waals surface area contributed by atoms with Crippen molar-refractivity contribution in [3.05, 3.63) is 77.2 Å². The average molecular weight is 383 g/mol. The van der Waals surface area contributed by atoms with Gasteiger partial charge in [-0.05, 0) is 30.7 Å². The van der Waals surface area contributed by atoms with E-state index in [1.807, 2.05) is 13.0 Å². The number of amides is 1. The van der Waals surface area contributed by atoms with Gasteiger partial charge in [-0.25, -0.2) is 9.07 Å². The highest BCUT2D eigenvalue weighted by Crippen LogP contribution is 2.21. The highest BCUT2D eigenvalue weighted by atomic mass is 19.1. The van der Waals surface area contributed by atoms with E-state index in [-0.39, 0.29) is 23.7 Å². The maximum atomic E-state index is 13.4. The molecule has 1 aromatic heterocycles. The lowest BCUT2D eigenvalue weighted by molar-refractivity contribution is -0.137. The van der Waals surface area contributed by atoms with Crippen molar-refractivity contribution < 1.29 is 24.2 Å². The third-order valence-electron chi connectivity index (χ3n) is 4.10. The van der Waals surface area contributed by atoms with Gasteiger partial charge in [0.15, 0.2) is 5.69 Å². The van der Waals surface area contributed by atoms with E-state index in [4.69, 9.17) is 0 Å². The van der Waals surface area contributed by atoms with E-state index in [9.17, 15) is 24.2 Å². The number of carboxylic acid groups (broad SMARTS) is 1. The van der Waals surface area contributed by atoms with Crippen LogP contribution in [0, 0.1) is 12.7 Å². The molecule has 3 N–H and O–H groups in total. The first-order valence-corrected chi connectivity index (χ1v) is 8.47. The number of nitrogens with zero attached hydrogens (tertiary/aromatic N) is 2. The van der Waals surface area contributed by atoms with Crippen LogP contribution in [0.4, 0.5) is 4.39 Å². The van der Waals surface area contributed by atoms with Crippen molar-refractivity contribution in [2.75, 3.05) is 0 Å². The van der Waals surface area contributed by atoms with Crippen molar-refractivity contribution in [2.24, 2.45) is 0 Å². The average Bonchev–Trinajstić information content (AvgIpc) is 3.03. The fourth-order valence-electron chi connectivity index (χ4n) is 2.83. The van der Waals surface area contributed by atoms with Crippen molar-refractivity contribution in [3.63, 3.8) is 0 Å². The van der Waals surface area contributed by atoms with Crippen LogP contribution < -0.4 is 5.32 Å². The quantitative estimate of drug-likeness (QED) is 0.607. The largest absolute Gasteiger partial charge is 0.493 e. The van der Waals surface area contributed by atoms with Crippen LogP contribution in [0.3, 0.4) is 0 Å². The summed E-state index contributed by atoms with van der Waals surface area (Å²) in [6, 6.07) is 12.9. The molecule has 28 heavy (non-hydrogen) atoms. The molecule has 1 atom stereocenters. The van der Waals surface area contributed by atoms with Gasteiger partial charge in [0.05, 0.1) is 18.2 Å². The van der Waals surface area contributed by atoms with E-state index in [0.717, 1.165) is 22.4 Å². The molecule has 0 aliphatic carbocycles. The number of halogens is 1. The first kappa shape index (κ1) is 19.1. The van der Waals surface area contributed by atoms with Gasteiger partial charge in [0.1, 0.15) is 5.82 Å². The van der Waals surface area contributed by atoms with Gasteiger partial charge >= 0.3 is 5.97 Å². The number of carbonyl (C=O) groups excluding carboxylic acids is 1. The second kappa shape index (κ2) is 7.91. The fraction of sp³-hybridized carbons (Fsp3) is 0.150. The molecule has 0 aliphatic rings. The molecular weight excluding hydrogens is 365 g/mol. The predicted octanol–water partition coefficient (Wildman–Crippen LogP) is 2.97. The number of benzene rings is 2. The lowest BCUT2D eigenvalue weighted by Crippen LogP contribution is -2.30. The minimum atomic E-state index is -1.07. The Labute approximate surface area is 160 Å². The summed E-state index contributed by atoms with van der Waals surface area (Å²) in [5.74, 6) is -2.58. The molecule has 0 aliphatic heterocycles. The molecule has 0 fully saturated rings. The number of carbonyl (C=O) groups is 2. The van der Waals surface area contributed by atoms with Crippen LogP contribution in [0.15, 0.2) is 54.6 Å². The van der Waals surface area contributed by atoms with Gasteiger partial charge in [-0.1, -0.05) is 35.9 Å². The van der Waals surface area contributed by atoms with Gasteiger partial charge in [-0.15, -0.1) is 0 Å². The number of carboxylic acids is 1. The Hall–Kier alpha value is -3.68. The highest BCUT2D eigenvalue weighted by Gasteiger charge is 2.22. The summed E-state index contributed by atoms with van der Waals surface area (Å²) in [4.78, 5) is 23.8. The third kappa shape index (κ3) is 4.35. The Balaban J connectivity index is 1.86. The maximum Gasteiger partial charge on any atom is 0.305 e. The van der Waals surface area contributed by atoms with Crippen molar-refractivity contribution in [3.8, 4) is 11.6 Å². The normalized spacial score (nSPS) is 11.8. The standard InChI is InChI=1S/C20H18FN3O4/c1-12-4-2-5-13(8-12)16(11-19(26)27)22-20(28)17-10-18(25)24(23-17)15-7-3-6-14(21)9-15/h2-10,16,25H,11H2,1H3,(H,22,28)(H,26,27)/t16-/m0/s1. The molecule has 0 saturated carbocycles. The molecular formula is C20H18FN3O4. The van der Waals surface area contributed by atoms with Crippen molar-refractivity contribution >= 4 is 11.9 Å². The Kier molecular flexibility index (Phi) is 5.39. The zero-order chi connectivity index (χ0) is 20.3. The number of aliphatic carboxylic acids is 1. The molecule has 7 nitrogen and oxygen atoms in total. The summed E-state index contributed by atoms with van der Waals surface area (Å²) in [6.07, 6.45) is -0.314. The second-order valence-corrected chi connectivity index (χ2v) is 6.32. The molecule has 0 radical (unpaired) electrons. The molecule has 0 spiro atoms. The van der Waals surface area contributed by atoms with Crippen LogP contribution in [0.1, 0.15) is 34.1 Å². The molecule has 3 rings (SSSR count). The van der Waals surface area contributed by atoms with Gasteiger partial charge < -0.3 is 15.5 Å². The number of rotatable bonds is 6. The van der Waals surface area contributed by atoms with Gasteiger partial charge in [-0.2, -0.15) is 5.10 Å². The van der Waals surface area contributed by atoms with Crippen LogP contribution in [0.2, 0.25) is 0 Å². The topological polar surface area (TPSA) is 104 Å². The zero-order valence-corrected chi connectivity index (χ0v) is 15.0. The van der Waals surface area contributed by atoms with E-state index in [2.05, 4.69) is 10.4 Å². The van der Waals surface area contributed by atoms with E-state index in [0.29, 0.717) is 5.56 Å². The minimum absolute atomic E-state index is 0.121. The van der Waals surface area contributed by atoms with Crippen LogP contribution in [-0.4, -0.2) is 31.9 Å². The Morgan fingerprint density at radius 2 is 1.93 bits per heavy atom. The summed E-state index contributed by atoms with van der Waals surface area (Å²) in [7, 11) is 0. The zero-order valence-electron chi connectivity index (χ0n) is 15.0. The number of hydrogen-bond donors (Lipinski definition) is 3. The Morgan fingerprint density at radius 1 is 1.18 bits per heavy atom. The van der Waals surface area contributed by atoms with Crippen LogP contribution in [0.25, 0.3) is 5.69 Å². The molecule has 2 aromatic carbocycles. The number of nitrogens with one attached hydrogen (secondary N) is 1. The molecule has 0 bridgehead atoms. The first-order valence-electron chi connectivity index (χ1n) is 8.47. The molecule has 8 heteroatoms. The molecule has 144 valence electrons. The Morgan fingerprint density at radius 3 is 2.61 bits per heavy atom. The van der Waals surface area contributed by atoms with Crippen LogP contribution in [0.5, 0.6) is 5.88 Å². The fourth-order valence-corrected chi connectivity index (χ4v) is 2.83. The SMILES string of the molecule is Cc1cccc([C@H](CC(=O)O)NC(=O)c2cc(O)n(-c3cccc(F)c3)n2)c1. The number of aromatic nitrogens is 2. The maximum absolute atomic E-state index is 13.4. The summed E-state index contributed by atoms with van der Waals surface area (Å²) in [6.45, 7) is 1.86. The number of aryl methyl sites for hydroxylation is 1. The van der Waals surface area contributed by atoms with Crippen LogP contribution >= 0.6 is 0 Å². The third-order valence-corrected chi connectivity index (χ3v) is 4.10. The van der Waals surface area contributed by atoms with E-state index < -0.39 is 23.7 Å². The highest BCUT2D eigenvalue weighted by molar-refractivity contribution is 5.93. The van der Waals surface area contributed by atoms with Gasteiger partial charge in [0, 0.05) is 6.07 Å². The van der Waals surface area contributed by atoms with Gasteiger partial charge in [-0.3, -0.25) is 9.59 Å². The summed E-state index contributed by atoms with van der Waals surface area (Å²) >= 11 is 0. The first-order chi connectivity index (χ1) is 13.3. The number of hydrogen-bond acceptors (Lipinski definition) is 4. The smallest absolute Gasteiger partial charge is 0.305 e. The lowest BCUT2D eigenvalue weighted by atomic mass is 10.0.